The van der Waals surface area contributed by atoms with Crippen molar-refractivity contribution in [3.8, 4) is 5.82 Å². The average molecular weight is 412 g/mol. The first-order valence-corrected chi connectivity index (χ1v) is 10.2. The van der Waals surface area contributed by atoms with Crippen molar-refractivity contribution >= 4 is 17.8 Å². The first-order valence-electron chi connectivity index (χ1n) is 10.2. The van der Waals surface area contributed by atoms with Crippen molar-refractivity contribution in [1.82, 2.24) is 34.4 Å². The van der Waals surface area contributed by atoms with Crippen LogP contribution in [0.3, 0.4) is 0 Å². The minimum atomic E-state index is -0.250. The van der Waals surface area contributed by atoms with Crippen LogP contribution in [-0.2, 0) is 4.79 Å². The van der Waals surface area contributed by atoms with Gasteiger partial charge in [-0.25, -0.2) is 19.4 Å². The standard InChI is InChI=1S/C20H28N8O2/c1-13-10-14(2)28(23-13)17-11-16(21-15(3)22-17)26-6-8-27(9-7-26)18-12-19(29)25(5)20(30)24(18)4/h10-11,18H,6-9,12H2,1-5H3. The van der Waals surface area contributed by atoms with Gasteiger partial charge in [0.2, 0.25) is 5.91 Å². The summed E-state index contributed by atoms with van der Waals surface area (Å²) in [6.45, 7) is 8.88. The zero-order chi connectivity index (χ0) is 21.6. The van der Waals surface area contributed by atoms with Crippen molar-refractivity contribution in [3.05, 3.63) is 29.3 Å². The topological polar surface area (TPSA) is 90.7 Å². The molecule has 2 aliphatic heterocycles. The van der Waals surface area contributed by atoms with Crippen molar-refractivity contribution < 1.29 is 9.59 Å². The summed E-state index contributed by atoms with van der Waals surface area (Å²) in [5.41, 5.74) is 1.98. The lowest BCUT2D eigenvalue weighted by Crippen LogP contribution is -2.62. The second-order valence-electron chi connectivity index (χ2n) is 8.02. The lowest BCUT2D eigenvalue weighted by molar-refractivity contribution is -0.134. The molecule has 0 saturated carbocycles. The van der Waals surface area contributed by atoms with E-state index in [9.17, 15) is 9.59 Å². The highest BCUT2D eigenvalue weighted by Crippen LogP contribution is 2.23. The Balaban J connectivity index is 1.49. The van der Waals surface area contributed by atoms with E-state index in [0.717, 1.165) is 49.2 Å². The third kappa shape index (κ3) is 3.62. The molecule has 4 rings (SSSR count). The molecule has 0 aromatic carbocycles. The maximum atomic E-state index is 12.3. The fourth-order valence-corrected chi connectivity index (χ4v) is 4.19. The van der Waals surface area contributed by atoms with Crippen LogP contribution in [0.5, 0.6) is 0 Å². The second-order valence-corrected chi connectivity index (χ2v) is 8.02. The Morgan fingerprint density at radius 1 is 0.933 bits per heavy atom. The van der Waals surface area contributed by atoms with E-state index in [1.807, 2.05) is 37.6 Å². The molecule has 160 valence electrons. The Morgan fingerprint density at radius 3 is 2.23 bits per heavy atom. The Bertz CT molecular complexity index is 979. The third-order valence-corrected chi connectivity index (χ3v) is 5.86. The summed E-state index contributed by atoms with van der Waals surface area (Å²) >= 11 is 0. The van der Waals surface area contributed by atoms with E-state index in [2.05, 4.69) is 24.9 Å². The quantitative estimate of drug-likeness (QED) is 0.741. The van der Waals surface area contributed by atoms with Crippen LogP contribution in [0.4, 0.5) is 10.6 Å². The van der Waals surface area contributed by atoms with Crippen LogP contribution in [0.15, 0.2) is 12.1 Å². The number of nitrogens with zero attached hydrogens (tertiary/aromatic N) is 8. The lowest BCUT2D eigenvalue weighted by atomic mass is 10.1. The maximum absolute atomic E-state index is 12.3. The highest BCUT2D eigenvalue weighted by molar-refractivity contribution is 5.96. The van der Waals surface area contributed by atoms with Gasteiger partial charge in [0.15, 0.2) is 5.82 Å². The molecule has 2 aliphatic rings. The van der Waals surface area contributed by atoms with E-state index in [0.29, 0.717) is 12.2 Å². The fraction of sp³-hybridized carbons (Fsp3) is 0.550. The summed E-state index contributed by atoms with van der Waals surface area (Å²) in [6, 6.07) is 3.74. The minimum Gasteiger partial charge on any atom is -0.354 e. The molecule has 2 aromatic rings. The smallest absolute Gasteiger partial charge is 0.327 e. The molecule has 0 N–H and O–H groups in total. The number of hydrogen-bond donors (Lipinski definition) is 0. The number of imide groups is 1. The molecule has 10 nitrogen and oxygen atoms in total. The first-order chi connectivity index (χ1) is 14.2. The van der Waals surface area contributed by atoms with Gasteiger partial charge in [0.05, 0.1) is 18.3 Å². The van der Waals surface area contributed by atoms with Crippen molar-refractivity contribution in [2.75, 3.05) is 45.2 Å². The molecule has 0 spiro atoms. The zero-order valence-electron chi connectivity index (χ0n) is 18.2. The zero-order valence-corrected chi connectivity index (χ0v) is 18.2. The van der Waals surface area contributed by atoms with Crippen molar-refractivity contribution in [2.45, 2.75) is 33.4 Å². The van der Waals surface area contributed by atoms with Gasteiger partial charge >= 0.3 is 6.03 Å². The Hall–Kier alpha value is -3.01. The van der Waals surface area contributed by atoms with Gasteiger partial charge in [-0.1, -0.05) is 0 Å². The predicted molar refractivity (Wildman–Crippen MR) is 111 cm³/mol. The van der Waals surface area contributed by atoms with Gasteiger partial charge in [-0.05, 0) is 26.8 Å². The molecule has 10 heteroatoms. The summed E-state index contributed by atoms with van der Waals surface area (Å²) in [5.74, 6) is 2.19. The van der Waals surface area contributed by atoms with E-state index in [-0.39, 0.29) is 18.1 Å². The number of urea groups is 1. The molecule has 3 amide bonds. The largest absolute Gasteiger partial charge is 0.354 e. The molecular formula is C20H28N8O2. The van der Waals surface area contributed by atoms with E-state index in [1.54, 1.807) is 11.9 Å². The highest BCUT2D eigenvalue weighted by Gasteiger charge is 2.38. The number of hydrogen-bond acceptors (Lipinski definition) is 7. The Labute approximate surface area is 176 Å². The Morgan fingerprint density at radius 2 is 1.60 bits per heavy atom. The molecule has 2 fully saturated rings. The van der Waals surface area contributed by atoms with Crippen LogP contribution in [-0.4, -0.2) is 92.8 Å². The average Bonchev–Trinajstić information content (AvgIpc) is 3.07. The van der Waals surface area contributed by atoms with Gasteiger partial charge in [-0.3, -0.25) is 14.6 Å². The molecule has 4 heterocycles. The molecule has 0 bridgehead atoms. The normalized spacial score (nSPS) is 21.0. The van der Waals surface area contributed by atoms with Gasteiger partial charge in [-0.2, -0.15) is 5.10 Å². The van der Waals surface area contributed by atoms with Crippen molar-refractivity contribution in [1.29, 1.82) is 0 Å². The summed E-state index contributed by atoms with van der Waals surface area (Å²) < 4.78 is 1.84. The Kier molecular flexibility index (Phi) is 5.19. The fourth-order valence-electron chi connectivity index (χ4n) is 4.19. The lowest BCUT2D eigenvalue weighted by Gasteiger charge is -2.45. The molecular weight excluding hydrogens is 384 g/mol. The predicted octanol–water partition coefficient (Wildman–Crippen LogP) is 0.950. The van der Waals surface area contributed by atoms with E-state index < -0.39 is 0 Å². The van der Waals surface area contributed by atoms with E-state index >= 15 is 0 Å². The van der Waals surface area contributed by atoms with Crippen LogP contribution >= 0.6 is 0 Å². The number of amides is 3. The first kappa shape index (κ1) is 20.3. The molecule has 2 aromatic heterocycles. The van der Waals surface area contributed by atoms with Crippen LogP contribution in [0.1, 0.15) is 23.6 Å². The van der Waals surface area contributed by atoms with Gasteiger partial charge < -0.3 is 9.80 Å². The van der Waals surface area contributed by atoms with E-state index in [4.69, 9.17) is 0 Å². The van der Waals surface area contributed by atoms with Gasteiger partial charge in [0, 0.05) is 52.0 Å². The number of piperazine rings is 1. The number of rotatable bonds is 3. The van der Waals surface area contributed by atoms with Gasteiger partial charge in [-0.15, -0.1) is 0 Å². The number of carbonyl (C=O) groups excluding carboxylic acids is 2. The van der Waals surface area contributed by atoms with Crippen LogP contribution in [0.2, 0.25) is 0 Å². The minimum absolute atomic E-state index is 0.133. The SMILES string of the molecule is Cc1cc(C)n(-c2cc(N3CCN(C4CC(=O)N(C)C(=O)N4C)CC3)nc(C)n2)n1. The number of carbonyl (C=O) groups is 2. The number of aryl methyl sites for hydroxylation is 3. The molecule has 2 saturated heterocycles. The molecule has 1 atom stereocenters. The molecule has 30 heavy (non-hydrogen) atoms. The van der Waals surface area contributed by atoms with E-state index in [1.165, 1.54) is 11.9 Å². The summed E-state index contributed by atoms with van der Waals surface area (Å²) in [5, 5.41) is 4.54. The second kappa shape index (κ2) is 7.67. The third-order valence-electron chi connectivity index (χ3n) is 5.86. The summed E-state index contributed by atoms with van der Waals surface area (Å²) in [7, 11) is 3.30. The van der Waals surface area contributed by atoms with Gasteiger partial charge in [0.25, 0.3) is 0 Å². The number of aromatic nitrogens is 4. The monoisotopic (exact) mass is 412 g/mol. The molecule has 1 unspecified atom stereocenters. The van der Waals surface area contributed by atoms with Gasteiger partial charge in [0.1, 0.15) is 11.6 Å². The maximum Gasteiger partial charge on any atom is 0.327 e. The molecule has 0 radical (unpaired) electrons. The van der Waals surface area contributed by atoms with Crippen LogP contribution in [0, 0.1) is 20.8 Å². The van der Waals surface area contributed by atoms with Crippen molar-refractivity contribution in [2.24, 2.45) is 0 Å². The van der Waals surface area contributed by atoms with Crippen LogP contribution in [0.25, 0.3) is 5.82 Å². The summed E-state index contributed by atoms with van der Waals surface area (Å²) in [6.07, 6.45) is 0.133. The molecule has 0 aliphatic carbocycles. The van der Waals surface area contributed by atoms with Crippen LogP contribution < -0.4 is 4.90 Å². The highest BCUT2D eigenvalue weighted by atomic mass is 16.2. The summed E-state index contributed by atoms with van der Waals surface area (Å²) in [4.78, 5) is 40.9. The number of anilines is 1. The van der Waals surface area contributed by atoms with Crippen molar-refractivity contribution in [3.63, 3.8) is 0 Å².